The summed E-state index contributed by atoms with van der Waals surface area (Å²) in [4.78, 5) is 8.78. The molecule has 2 heterocycles. The number of nitrogens with two attached hydrogens (primary N) is 1. The molecule has 3 rings (SSSR count). The maximum absolute atomic E-state index is 5.73. The molecule has 108 valence electrons. The summed E-state index contributed by atoms with van der Waals surface area (Å²) in [5.74, 6) is 1.81. The topological polar surface area (TPSA) is 74.5 Å². The SMILES string of the molecule is CC(C)n1ncnc1Cn1ccnc1-c1ccc(N)cc1. The molecule has 3 aromatic rings. The van der Waals surface area contributed by atoms with Gasteiger partial charge in [-0.3, -0.25) is 0 Å². The highest BCUT2D eigenvalue weighted by Gasteiger charge is 2.11. The Kier molecular flexibility index (Phi) is 3.43. The molecule has 2 N–H and O–H groups in total. The zero-order valence-electron chi connectivity index (χ0n) is 12.1. The van der Waals surface area contributed by atoms with Crippen LogP contribution in [-0.2, 0) is 6.54 Å². The lowest BCUT2D eigenvalue weighted by Crippen LogP contribution is -2.12. The lowest BCUT2D eigenvalue weighted by Gasteiger charge is -2.11. The van der Waals surface area contributed by atoms with Crippen LogP contribution in [0.25, 0.3) is 11.4 Å². The summed E-state index contributed by atoms with van der Waals surface area (Å²) in [5.41, 5.74) is 7.51. The maximum atomic E-state index is 5.73. The lowest BCUT2D eigenvalue weighted by molar-refractivity contribution is 0.496. The van der Waals surface area contributed by atoms with Crippen LogP contribution in [0.5, 0.6) is 0 Å². The van der Waals surface area contributed by atoms with Crippen LogP contribution in [0.15, 0.2) is 43.0 Å². The first kappa shape index (κ1) is 13.4. The highest BCUT2D eigenvalue weighted by molar-refractivity contribution is 5.59. The molecule has 6 heteroatoms. The van der Waals surface area contributed by atoms with Crippen molar-refractivity contribution in [1.82, 2.24) is 24.3 Å². The third-order valence-electron chi connectivity index (χ3n) is 3.33. The number of nitrogen functional groups attached to an aromatic ring is 1. The molecule has 0 radical (unpaired) electrons. The van der Waals surface area contributed by atoms with E-state index in [1.807, 2.05) is 35.1 Å². The number of benzene rings is 1. The van der Waals surface area contributed by atoms with Crippen LogP contribution in [0, 0.1) is 0 Å². The number of hydrogen-bond donors (Lipinski definition) is 1. The largest absolute Gasteiger partial charge is 0.399 e. The van der Waals surface area contributed by atoms with Gasteiger partial charge in [-0.1, -0.05) is 0 Å². The third kappa shape index (κ3) is 2.65. The average molecular weight is 282 g/mol. The van der Waals surface area contributed by atoms with Gasteiger partial charge in [0.2, 0.25) is 0 Å². The molecule has 0 aliphatic carbocycles. The summed E-state index contributed by atoms with van der Waals surface area (Å²) in [5, 5.41) is 4.27. The zero-order valence-corrected chi connectivity index (χ0v) is 12.1. The van der Waals surface area contributed by atoms with Crippen LogP contribution in [0.1, 0.15) is 25.7 Å². The Balaban J connectivity index is 1.92. The fraction of sp³-hybridized carbons (Fsp3) is 0.267. The summed E-state index contributed by atoms with van der Waals surface area (Å²) in [7, 11) is 0. The summed E-state index contributed by atoms with van der Waals surface area (Å²) in [6, 6.07) is 7.99. The second-order valence-corrected chi connectivity index (χ2v) is 5.22. The molecule has 6 nitrogen and oxygen atoms in total. The fourth-order valence-electron chi connectivity index (χ4n) is 2.30. The Morgan fingerprint density at radius 1 is 1.14 bits per heavy atom. The van der Waals surface area contributed by atoms with Gasteiger partial charge in [-0.15, -0.1) is 0 Å². The lowest BCUT2D eigenvalue weighted by atomic mass is 10.2. The van der Waals surface area contributed by atoms with Gasteiger partial charge >= 0.3 is 0 Å². The first-order chi connectivity index (χ1) is 10.1. The summed E-state index contributed by atoms with van der Waals surface area (Å²) in [6.45, 7) is 4.82. The van der Waals surface area contributed by atoms with E-state index in [2.05, 4.69) is 33.5 Å². The molecule has 0 amide bonds. The molecule has 0 saturated heterocycles. The summed E-state index contributed by atoms with van der Waals surface area (Å²) in [6.07, 6.45) is 5.34. The third-order valence-corrected chi connectivity index (χ3v) is 3.33. The van der Waals surface area contributed by atoms with Crippen molar-refractivity contribution in [1.29, 1.82) is 0 Å². The summed E-state index contributed by atoms with van der Waals surface area (Å²) >= 11 is 0. The summed E-state index contributed by atoms with van der Waals surface area (Å²) < 4.78 is 3.99. The predicted octanol–water partition coefficient (Wildman–Crippen LogP) is 2.35. The van der Waals surface area contributed by atoms with E-state index in [9.17, 15) is 0 Å². The van der Waals surface area contributed by atoms with E-state index < -0.39 is 0 Å². The van der Waals surface area contributed by atoms with Gasteiger partial charge in [-0.2, -0.15) is 5.10 Å². The molecule has 2 aromatic heterocycles. The Hall–Kier alpha value is -2.63. The molecular formula is C15H18N6. The van der Waals surface area contributed by atoms with Crippen molar-refractivity contribution in [3.05, 3.63) is 48.8 Å². The first-order valence-corrected chi connectivity index (χ1v) is 6.90. The van der Waals surface area contributed by atoms with E-state index in [4.69, 9.17) is 5.73 Å². The minimum absolute atomic E-state index is 0.283. The average Bonchev–Trinajstić information content (AvgIpc) is 3.09. The number of hydrogen-bond acceptors (Lipinski definition) is 4. The van der Waals surface area contributed by atoms with Gasteiger partial charge in [-0.25, -0.2) is 14.6 Å². The van der Waals surface area contributed by atoms with Crippen molar-refractivity contribution in [2.75, 3.05) is 5.73 Å². The molecule has 0 fully saturated rings. The van der Waals surface area contributed by atoms with E-state index >= 15 is 0 Å². The molecule has 0 aliphatic rings. The number of nitrogens with zero attached hydrogens (tertiary/aromatic N) is 5. The number of aromatic nitrogens is 5. The van der Waals surface area contributed by atoms with Gasteiger partial charge in [0.05, 0.1) is 6.54 Å². The zero-order chi connectivity index (χ0) is 14.8. The van der Waals surface area contributed by atoms with Crippen molar-refractivity contribution < 1.29 is 0 Å². The van der Waals surface area contributed by atoms with Crippen LogP contribution in [0.2, 0.25) is 0 Å². The van der Waals surface area contributed by atoms with E-state index in [1.165, 1.54) is 0 Å². The number of anilines is 1. The van der Waals surface area contributed by atoms with Gasteiger partial charge in [0.1, 0.15) is 18.0 Å². The van der Waals surface area contributed by atoms with Crippen LogP contribution in [0.3, 0.4) is 0 Å². The minimum Gasteiger partial charge on any atom is -0.399 e. The molecule has 0 unspecified atom stereocenters. The fourth-order valence-corrected chi connectivity index (χ4v) is 2.30. The van der Waals surface area contributed by atoms with Crippen molar-refractivity contribution in [2.45, 2.75) is 26.4 Å². The molecule has 0 saturated carbocycles. The molecule has 0 bridgehead atoms. The van der Waals surface area contributed by atoms with E-state index in [-0.39, 0.29) is 6.04 Å². The standard InChI is InChI=1S/C15H18N6/c1-11(2)21-14(18-10-19-21)9-20-8-7-17-15(20)12-3-5-13(16)6-4-12/h3-8,10-11H,9,16H2,1-2H3. The van der Waals surface area contributed by atoms with Gasteiger partial charge in [0.15, 0.2) is 0 Å². The highest BCUT2D eigenvalue weighted by atomic mass is 15.4. The second kappa shape index (κ2) is 5.40. The van der Waals surface area contributed by atoms with Crippen LogP contribution in [0.4, 0.5) is 5.69 Å². The molecule has 21 heavy (non-hydrogen) atoms. The Bertz CT molecular complexity index is 723. The van der Waals surface area contributed by atoms with Crippen LogP contribution < -0.4 is 5.73 Å². The van der Waals surface area contributed by atoms with Crippen LogP contribution in [-0.4, -0.2) is 24.3 Å². The quantitative estimate of drug-likeness (QED) is 0.745. The van der Waals surface area contributed by atoms with Gasteiger partial charge < -0.3 is 10.3 Å². The van der Waals surface area contributed by atoms with Gasteiger partial charge in [0, 0.05) is 29.7 Å². The Labute approximate surface area is 123 Å². The van der Waals surface area contributed by atoms with E-state index in [0.29, 0.717) is 6.54 Å². The predicted molar refractivity (Wildman–Crippen MR) is 81.6 cm³/mol. The minimum atomic E-state index is 0.283. The Morgan fingerprint density at radius 3 is 2.62 bits per heavy atom. The normalized spacial score (nSPS) is 11.2. The smallest absolute Gasteiger partial charge is 0.147 e. The number of rotatable bonds is 4. The monoisotopic (exact) mass is 282 g/mol. The molecule has 0 aliphatic heterocycles. The van der Waals surface area contributed by atoms with E-state index in [1.54, 1.807) is 12.5 Å². The molecular weight excluding hydrogens is 264 g/mol. The molecule has 1 aromatic carbocycles. The molecule has 0 atom stereocenters. The van der Waals surface area contributed by atoms with Crippen molar-refractivity contribution in [2.24, 2.45) is 0 Å². The maximum Gasteiger partial charge on any atom is 0.147 e. The van der Waals surface area contributed by atoms with Gasteiger partial charge in [-0.05, 0) is 38.1 Å². The van der Waals surface area contributed by atoms with Crippen molar-refractivity contribution >= 4 is 5.69 Å². The van der Waals surface area contributed by atoms with Crippen molar-refractivity contribution in [3.63, 3.8) is 0 Å². The van der Waals surface area contributed by atoms with Crippen molar-refractivity contribution in [3.8, 4) is 11.4 Å². The second-order valence-electron chi connectivity index (χ2n) is 5.22. The molecule has 0 spiro atoms. The van der Waals surface area contributed by atoms with E-state index in [0.717, 1.165) is 22.9 Å². The van der Waals surface area contributed by atoms with Gasteiger partial charge in [0.25, 0.3) is 0 Å². The highest BCUT2D eigenvalue weighted by Crippen LogP contribution is 2.20. The number of imidazole rings is 1. The van der Waals surface area contributed by atoms with Crippen LogP contribution >= 0.6 is 0 Å². The Morgan fingerprint density at radius 2 is 1.90 bits per heavy atom. The first-order valence-electron chi connectivity index (χ1n) is 6.90.